The number of unbranched alkanes of at least 4 members (excludes halogenated alkanes) is 1. The van der Waals surface area contributed by atoms with Gasteiger partial charge in [-0.25, -0.2) is 8.42 Å². The summed E-state index contributed by atoms with van der Waals surface area (Å²) in [6.07, 6.45) is 3.11. The summed E-state index contributed by atoms with van der Waals surface area (Å²) in [5, 5.41) is 2.99. The van der Waals surface area contributed by atoms with Gasteiger partial charge in [-0.3, -0.25) is 13.9 Å². The Morgan fingerprint density at radius 1 is 0.949 bits per heavy atom. The Morgan fingerprint density at radius 3 is 2.26 bits per heavy atom. The lowest BCUT2D eigenvalue weighted by Gasteiger charge is -2.33. The predicted molar refractivity (Wildman–Crippen MR) is 160 cm³/mol. The molecule has 0 aliphatic heterocycles. The van der Waals surface area contributed by atoms with Crippen LogP contribution in [0.25, 0.3) is 0 Å². The van der Waals surface area contributed by atoms with Gasteiger partial charge in [0.25, 0.3) is 0 Å². The second kappa shape index (κ2) is 14.3. The molecule has 1 unspecified atom stereocenters. The van der Waals surface area contributed by atoms with Crippen molar-refractivity contribution < 1.29 is 18.0 Å². The molecular formula is C30H36BrN3O4S. The number of nitrogens with one attached hydrogen (secondary N) is 1. The van der Waals surface area contributed by atoms with Gasteiger partial charge in [-0.15, -0.1) is 0 Å². The number of nitrogens with zero attached hydrogens (tertiary/aromatic N) is 2. The second-order valence-electron chi connectivity index (χ2n) is 9.61. The summed E-state index contributed by atoms with van der Waals surface area (Å²) in [6, 6.07) is 23.2. The average Bonchev–Trinajstić information content (AvgIpc) is 2.90. The van der Waals surface area contributed by atoms with E-state index in [9.17, 15) is 18.0 Å². The summed E-state index contributed by atoms with van der Waals surface area (Å²) < 4.78 is 27.4. The van der Waals surface area contributed by atoms with Crippen molar-refractivity contribution in [3.63, 3.8) is 0 Å². The monoisotopic (exact) mass is 613 g/mol. The van der Waals surface area contributed by atoms with E-state index in [0.717, 1.165) is 40.1 Å². The maximum atomic E-state index is 14.0. The van der Waals surface area contributed by atoms with E-state index in [1.165, 1.54) is 4.90 Å². The standard InChI is InChI=1S/C30H36BrN3O4S/c1-4-5-18-32-30(36)28(19-24-10-7-6-8-11-24)33(21-25-16-14-23(2)15-17-25)29(35)22-34(39(3,37)38)27-13-9-12-26(31)20-27/h6-17,20,28H,4-5,18-19,21-22H2,1-3H3,(H,32,36). The van der Waals surface area contributed by atoms with Gasteiger partial charge in [0.2, 0.25) is 21.8 Å². The number of anilines is 1. The van der Waals surface area contributed by atoms with Gasteiger partial charge in [0.15, 0.2) is 0 Å². The number of carbonyl (C=O) groups excluding carboxylic acids is 2. The van der Waals surface area contributed by atoms with Crippen LogP contribution in [0.1, 0.15) is 36.5 Å². The Morgan fingerprint density at radius 2 is 1.64 bits per heavy atom. The van der Waals surface area contributed by atoms with Crippen LogP contribution in [0.4, 0.5) is 5.69 Å². The number of aryl methyl sites for hydroxylation is 1. The molecule has 0 fully saturated rings. The fraction of sp³-hybridized carbons (Fsp3) is 0.333. The summed E-state index contributed by atoms with van der Waals surface area (Å²) in [4.78, 5) is 29.1. The lowest BCUT2D eigenvalue weighted by Crippen LogP contribution is -2.53. The third kappa shape index (κ3) is 9.21. The highest BCUT2D eigenvalue weighted by atomic mass is 79.9. The molecule has 39 heavy (non-hydrogen) atoms. The van der Waals surface area contributed by atoms with Gasteiger partial charge < -0.3 is 10.2 Å². The normalized spacial score (nSPS) is 12.0. The molecule has 0 heterocycles. The number of amides is 2. The van der Waals surface area contributed by atoms with Crippen LogP contribution in [0.15, 0.2) is 83.3 Å². The molecule has 0 aliphatic carbocycles. The summed E-state index contributed by atoms with van der Waals surface area (Å²) in [5.41, 5.74) is 3.19. The quantitative estimate of drug-likeness (QED) is 0.272. The van der Waals surface area contributed by atoms with Crippen molar-refractivity contribution in [2.24, 2.45) is 0 Å². The summed E-state index contributed by atoms with van der Waals surface area (Å²) in [7, 11) is -3.80. The van der Waals surface area contributed by atoms with Gasteiger partial charge in [-0.05, 0) is 42.7 Å². The molecule has 0 spiro atoms. The Labute approximate surface area is 240 Å². The molecule has 0 saturated carbocycles. The topological polar surface area (TPSA) is 86.8 Å². The molecule has 1 N–H and O–H groups in total. The maximum absolute atomic E-state index is 14.0. The number of halogens is 1. The minimum absolute atomic E-state index is 0.161. The first-order valence-electron chi connectivity index (χ1n) is 13.0. The van der Waals surface area contributed by atoms with E-state index in [-0.39, 0.29) is 12.5 Å². The van der Waals surface area contributed by atoms with Crippen molar-refractivity contribution in [3.05, 3.63) is 100 Å². The molecule has 0 radical (unpaired) electrons. The van der Waals surface area contributed by atoms with E-state index in [1.807, 2.05) is 68.4 Å². The highest BCUT2D eigenvalue weighted by Crippen LogP contribution is 2.23. The van der Waals surface area contributed by atoms with Crippen LogP contribution < -0.4 is 9.62 Å². The molecule has 2 amide bonds. The fourth-order valence-electron chi connectivity index (χ4n) is 4.20. The minimum Gasteiger partial charge on any atom is -0.354 e. The van der Waals surface area contributed by atoms with E-state index in [2.05, 4.69) is 21.2 Å². The fourth-order valence-corrected chi connectivity index (χ4v) is 5.42. The van der Waals surface area contributed by atoms with Crippen LogP contribution in [0.3, 0.4) is 0 Å². The third-order valence-electron chi connectivity index (χ3n) is 6.35. The Kier molecular flexibility index (Phi) is 11.1. The number of hydrogen-bond donors (Lipinski definition) is 1. The van der Waals surface area contributed by atoms with Gasteiger partial charge in [0.05, 0.1) is 11.9 Å². The van der Waals surface area contributed by atoms with Crippen molar-refractivity contribution >= 4 is 43.5 Å². The zero-order valence-electron chi connectivity index (χ0n) is 22.6. The summed E-state index contributed by atoms with van der Waals surface area (Å²) in [5.74, 6) is -0.728. The first-order valence-corrected chi connectivity index (χ1v) is 15.6. The largest absolute Gasteiger partial charge is 0.354 e. The van der Waals surface area contributed by atoms with Crippen molar-refractivity contribution in [2.45, 2.75) is 45.7 Å². The Hall–Kier alpha value is -3.17. The number of sulfonamides is 1. The smallest absolute Gasteiger partial charge is 0.244 e. The highest BCUT2D eigenvalue weighted by Gasteiger charge is 2.33. The van der Waals surface area contributed by atoms with Crippen LogP contribution in [0.2, 0.25) is 0 Å². The zero-order valence-corrected chi connectivity index (χ0v) is 25.0. The summed E-state index contributed by atoms with van der Waals surface area (Å²) >= 11 is 3.38. The first kappa shape index (κ1) is 30.4. The van der Waals surface area contributed by atoms with E-state index in [0.29, 0.717) is 23.1 Å². The molecule has 3 rings (SSSR count). The lowest BCUT2D eigenvalue weighted by molar-refractivity contribution is -0.140. The molecule has 1 atom stereocenters. The minimum atomic E-state index is -3.80. The molecular weight excluding hydrogens is 578 g/mol. The van der Waals surface area contributed by atoms with E-state index in [1.54, 1.807) is 24.3 Å². The van der Waals surface area contributed by atoms with E-state index in [4.69, 9.17) is 0 Å². The van der Waals surface area contributed by atoms with Gasteiger partial charge in [-0.2, -0.15) is 0 Å². The van der Waals surface area contributed by atoms with Crippen molar-refractivity contribution in [1.82, 2.24) is 10.2 Å². The first-order chi connectivity index (χ1) is 18.6. The van der Waals surface area contributed by atoms with Crippen LogP contribution in [-0.4, -0.2) is 50.5 Å². The number of carbonyl (C=O) groups is 2. The zero-order chi connectivity index (χ0) is 28.4. The maximum Gasteiger partial charge on any atom is 0.244 e. The molecule has 0 aromatic heterocycles. The van der Waals surface area contributed by atoms with Crippen molar-refractivity contribution in [3.8, 4) is 0 Å². The molecule has 3 aromatic carbocycles. The van der Waals surface area contributed by atoms with Gasteiger partial charge in [0.1, 0.15) is 12.6 Å². The predicted octanol–water partition coefficient (Wildman–Crippen LogP) is 5.08. The van der Waals surface area contributed by atoms with E-state index >= 15 is 0 Å². The molecule has 0 bridgehead atoms. The molecule has 208 valence electrons. The lowest BCUT2D eigenvalue weighted by atomic mass is 10.0. The van der Waals surface area contributed by atoms with Crippen LogP contribution in [-0.2, 0) is 32.6 Å². The van der Waals surface area contributed by atoms with Gasteiger partial charge in [-0.1, -0.05) is 95.5 Å². The van der Waals surface area contributed by atoms with Crippen LogP contribution >= 0.6 is 15.9 Å². The van der Waals surface area contributed by atoms with Crippen LogP contribution in [0.5, 0.6) is 0 Å². The van der Waals surface area contributed by atoms with Crippen LogP contribution in [0, 0.1) is 6.92 Å². The number of hydrogen-bond acceptors (Lipinski definition) is 4. The Balaban J connectivity index is 2.02. The molecule has 7 nitrogen and oxygen atoms in total. The number of rotatable bonds is 13. The van der Waals surface area contributed by atoms with Gasteiger partial charge >= 0.3 is 0 Å². The number of benzene rings is 3. The molecule has 9 heteroatoms. The Bertz CT molecular complexity index is 1350. The third-order valence-corrected chi connectivity index (χ3v) is 7.98. The van der Waals surface area contributed by atoms with E-state index < -0.39 is 28.5 Å². The molecule has 0 aliphatic rings. The SMILES string of the molecule is CCCCNC(=O)C(Cc1ccccc1)N(Cc1ccc(C)cc1)C(=O)CN(c1cccc(Br)c1)S(C)(=O)=O. The average molecular weight is 615 g/mol. The molecule has 0 saturated heterocycles. The second-order valence-corrected chi connectivity index (χ2v) is 12.4. The highest BCUT2D eigenvalue weighted by molar-refractivity contribution is 9.10. The van der Waals surface area contributed by atoms with Gasteiger partial charge in [0, 0.05) is 24.0 Å². The molecule has 3 aromatic rings. The van der Waals surface area contributed by atoms with Crippen molar-refractivity contribution in [2.75, 3.05) is 23.7 Å². The summed E-state index contributed by atoms with van der Waals surface area (Å²) in [6.45, 7) is 4.25. The van der Waals surface area contributed by atoms with Crippen molar-refractivity contribution in [1.29, 1.82) is 0 Å².